The Hall–Kier alpha value is -6.52. The van der Waals surface area contributed by atoms with E-state index in [1.54, 1.807) is 0 Å². The number of nitrogens with one attached hydrogen (secondary N) is 1. The van der Waals surface area contributed by atoms with E-state index in [2.05, 4.69) is 162 Å². The van der Waals surface area contributed by atoms with Crippen molar-refractivity contribution in [3.8, 4) is 22.6 Å². The van der Waals surface area contributed by atoms with Gasteiger partial charge in [-0.3, -0.25) is 0 Å². The number of furan rings is 1. The van der Waals surface area contributed by atoms with E-state index in [4.69, 9.17) is 9.15 Å². The fourth-order valence-corrected chi connectivity index (χ4v) is 7.96. The van der Waals surface area contributed by atoms with Crippen molar-refractivity contribution in [2.45, 2.75) is 6.23 Å². The molecule has 1 unspecified atom stereocenters. The molecule has 0 bridgehead atoms. The molecular formula is C45H28N2O2. The first-order valence-electron chi connectivity index (χ1n) is 16.7. The molecule has 0 amide bonds. The van der Waals surface area contributed by atoms with Crippen molar-refractivity contribution in [3.63, 3.8) is 0 Å². The zero-order chi connectivity index (χ0) is 32.1. The van der Waals surface area contributed by atoms with Crippen molar-refractivity contribution in [1.29, 1.82) is 0 Å². The third-order valence-corrected chi connectivity index (χ3v) is 10.2. The van der Waals surface area contributed by atoms with Gasteiger partial charge in [0, 0.05) is 27.1 Å². The number of hydrogen-bond donors (Lipinski definition) is 1. The normalized spacial score (nSPS) is 14.2. The van der Waals surface area contributed by atoms with Gasteiger partial charge >= 0.3 is 0 Å². The molecule has 0 fully saturated rings. The zero-order valence-electron chi connectivity index (χ0n) is 26.4. The van der Waals surface area contributed by atoms with E-state index in [1.807, 2.05) is 6.07 Å². The van der Waals surface area contributed by atoms with Gasteiger partial charge in [-0.05, 0) is 75.8 Å². The van der Waals surface area contributed by atoms with Gasteiger partial charge in [-0.25, -0.2) is 0 Å². The van der Waals surface area contributed by atoms with Crippen LogP contribution in [0.25, 0.3) is 82.1 Å². The number of rotatable bonds is 3. The number of fused-ring (bicyclic) bond motifs is 10. The lowest BCUT2D eigenvalue weighted by Gasteiger charge is -2.18. The van der Waals surface area contributed by atoms with Gasteiger partial charge in [0.05, 0.1) is 27.8 Å². The molecule has 4 nitrogen and oxygen atoms in total. The van der Waals surface area contributed by atoms with Crippen LogP contribution in [-0.2, 0) is 0 Å². The van der Waals surface area contributed by atoms with Gasteiger partial charge in [-0.15, -0.1) is 0 Å². The second-order valence-corrected chi connectivity index (χ2v) is 12.9. The topological polar surface area (TPSA) is 39.3 Å². The van der Waals surface area contributed by atoms with E-state index in [0.29, 0.717) is 0 Å². The smallest absolute Gasteiger partial charge is 0.197 e. The maximum atomic E-state index is 6.88. The van der Waals surface area contributed by atoms with Gasteiger partial charge in [0.2, 0.25) is 0 Å². The van der Waals surface area contributed by atoms with Gasteiger partial charge in [0.15, 0.2) is 12.0 Å². The predicted octanol–water partition coefficient (Wildman–Crippen LogP) is 12.2. The Balaban J connectivity index is 1.04. The summed E-state index contributed by atoms with van der Waals surface area (Å²) >= 11 is 0. The number of anilines is 1. The Bertz CT molecular complexity index is 2910. The first kappa shape index (κ1) is 26.5. The molecule has 2 aromatic heterocycles. The molecule has 1 atom stereocenters. The molecule has 0 spiro atoms. The average molecular weight is 629 g/mol. The number of ether oxygens (including phenoxy) is 1. The number of benzene rings is 8. The Morgan fingerprint density at radius 3 is 1.96 bits per heavy atom. The highest BCUT2D eigenvalue weighted by molar-refractivity contribution is 6.13. The third kappa shape index (κ3) is 3.86. The minimum Gasteiger partial charge on any atom is -0.463 e. The minimum absolute atomic E-state index is 0.355. The Kier molecular flexibility index (Phi) is 5.41. The molecule has 1 N–H and O–H groups in total. The fraction of sp³-hybridized carbons (Fsp3) is 0.0222. The maximum Gasteiger partial charge on any atom is 0.197 e. The molecule has 4 heteroatoms. The Labute approximate surface area is 281 Å². The summed E-state index contributed by atoms with van der Waals surface area (Å²) in [5, 5.41) is 13.0. The predicted molar refractivity (Wildman–Crippen MR) is 202 cm³/mol. The van der Waals surface area contributed by atoms with Crippen LogP contribution in [0.1, 0.15) is 11.8 Å². The fourth-order valence-electron chi connectivity index (χ4n) is 7.96. The van der Waals surface area contributed by atoms with Gasteiger partial charge in [-0.1, -0.05) is 109 Å². The van der Waals surface area contributed by atoms with E-state index in [-0.39, 0.29) is 6.23 Å². The number of para-hydroxylation sites is 2. The highest BCUT2D eigenvalue weighted by Crippen LogP contribution is 2.48. The Morgan fingerprint density at radius 1 is 0.490 bits per heavy atom. The molecule has 3 heterocycles. The van der Waals surface area contributed by atoms with Crippen molar-refractivity contribution in [1.82, 2.24) is 4.57 Å². The first-order chi connectivity index (χ1) is 24.3. The Morgan fingerprint density at radius 2 is 1.14 bits per heavy atom. The largest absolute Gasteiger partial charge is 0.463 e. The van der Waals surface area contributed by atoms with E-state index >= 15 is 0 Å². The molecule has 1 aliphatic heterocycles. The van der Waals surface area contributed by atoms with Crippen LogP contribution in [-0.4, -0.2) is 4.57 Å². The van der Waals surface area contributed by atoms with Crippen LogP contribution < -0.4 is 10.1 Å². The van der Waals surface area contributed by atoms with Crippen LogP contribution in [0.15, 0.2) is 162 Å². The highest BCUT2D eigenvalue weighted by atomic mass is 16.5. The van der Waals surface area contributed by atoms with Crippen LogP contribution >= 0.6 is 0 Å². The lowest BCUT2D eigenvalue weighted by atomic mass is 9.99. The van der Waals surface area contributed by atoms with Crippen molar-refractivity contribution in [2.24, 2.45) is 0 Å². The summed E-state index contributed by atoms with van der Waals surface area (Å²) in [6.07, 6.45) is -0.355. The molecule has 49 heavy (non-hydrogen) atoms. The SMILES string of the molecule is c1ccc2cc(-c3ccc4oc5ccc6c(c5c4c3)OC(c3ccc(-n4c5ccccc5c5ccccc54)c4ccccc34)N6)ccc2c1. The molecule has 8 aromatic carbocycles. The average Bonchev–Trinajstić information content (AvgIpc) is 3.85. The molecule has 0 aliphatic carbocycles. The lowest BCUT2D eigenvalue weighted by molar-refractivity contribution is 0.264. The second-order valence-electron chi connectivity index (χ2n) is 12.9. The van der Waals surface area contributed by atoms with E-state index < -0.39 is 0 Å². The molecule has 230 valence electrons. The highest BCUT2D eigenvalue weighted by Gasteiger charge is 2.29. The van der Waals surface area contributed by atoms with Crippen LogP contribution in [0.2, 0.25) is 0 Å². The molecule has 0 radical (unpaired) electrons. The summed E-state index contributed by atoms with van der Waals surface area (Å²) in [5.41, 5.74) is 9.59. The second kappa shape index (κ2) is 9.99. The monoisotopic (exact) mass is 628 g/mol. The van der Waals surface area contributed by atoms with Crippen molar-refractivity contribution < 1.29 is 9.15 Å². The summed E-state index contributed by atoms with van der Waals surface area (Å²) in [4.78, 5) is 0. The lowest BCUT2D eigenvalue weighted by Crippen LogP contribution is -2.11. The standard InChI is InChI=1S/C45H28N2O2/c1-2-10-28-25-29(18-17-27(28)9-1)30-19-23-41-36(26-30)43-42(48-41)24-21-37-44(43)49-45(46-37)35-20-22-40(32-12-4-3-11-31(32)35)47-38-15-7-5-13-33(38)34-14-6-8-16-39(34)47/h1-26,45-46H. The molecule has 10 aromatic rings. The molecule has 1 aliphatic rings. The molecule has 0 saturated heterocycles. The van der Waals surface area contributed by atoms with Crippen molar-refractivity contribution in [2.75, 3.05) is 5.32 Å². The maximum absolute atomic E-state index is 6.88. The molecule has 0 saturated carbocycles. The quantitative estimate of drug-likeness (QED) is 0.212. The van der Waals surface area contributed by atoms with Gasteiger partial charge < -0.3 is 19.0 Å². The zero-order valence-corrected chi connectivity index (χ0v) is 26.4. The first-order valence-corrected chi connectivity index (χ1v) is 16.7. The molecule has 11 rings (SSSR count). The number of aromatic nitrogens is 1. The summed E-state index contributed by atoms with van der Waals surface area (Å²) in [6.45, 7) is 0. The van der Waals surface area contributed by atoms with Crippen LogP contribution in [0.3, 0.4) is 0 Å². The van der Waals surface area contributed by atoms with Crippen molar-refractivity contribution >= 4 is 71.0 Å². The number of nitrogens with zero attached hydrogens (tertiary/aromatic N) is 1. The van der Waals surface area contributed by atoms with Gasteiger partial charge in [-0.2, -0.15) is 0 Å². The minimum atomic E-state index is -0.355. The van der Waals surface area contributed by atoms with Gasteiger partial charge in [0.25, 0.3) is 0 Å². The van der Waals surface area contributed by atoms with Crippen LogP contribution in [0.4, 0.5) is 5.69 Å². The summed E-state index contributed by atoms with van der Waals surface area (Å²) in [7, 11) is 0. The van der Waals surface area contributed by atoms with E-state index in [1.165, 1.54) is 43.5 Å². The van der Waals surface area contributed by atoms with E-state index in [0.717, 1.165) is 55.6 Å². The van der Waals surface area contributed by atoms with Crippen LogP contribution in [0, 0.1) is 0 Å². The van der Waals surface area contributed by atoms with Gasteiger partial charge in [0.1, 0.15) is 11.2 Å². The summed E-state index contributed by atoms with van der Waals surface area (Å²) < 4.78 is 15.6. The van der Waals surface area contributed by atoms with Crippen molar-refractivity contribution in [3.05, 3.63) is 163 Å². The van der Waals surface area contributed by atoms with E-state index in [9.17, 15) is 0 Å². The summed E-state index contributed by atoms with van der Waals surface area (Å²) in [5.74, 6) is 0.826. The number of hydrogen-bond acceptors (Lipinski definition) is 3. The van der Waals surface area contributed by atoms with Crippen LogP contribution in [0.5, 0.6) is 5.75 Å². The summed E-state index contributed by atoms with van der Waals surface area (Å²) in [6, 6.07) is 56.1. The third-order valence-electron chi connectivity index (χ3n) is 10.2. The molecular weight excluding hydrogens is 601 g/mol.